The van der Waals surface area contributed by atoms with Crippen LogP contribution in [0.4, 0.5) is 0 Å². The number of aromatic nitrogens is 1. The number of halogens is 2. The minimum atomic E-state index is -0.801. The van der Waals surface area contributed by atoms with E-state index in [-0.39, 0.29) is 17.2 Å². The van der Waals surface area contributed by atoms with Crippen molar-refractivity contribution in [2.75, 3.05) is 7.11 Å². The van der Waals surface area contributed by atoms with Gasteiger partial charge in [-0.05, 0) is 75.4 Å². The van der Waals surface area contributed by atoms with E-state index in [0.29, 0.717) is 42.2 Å². The van der Waals surface area contributed by atoms with Gasteiger partial charge >= 0.3 is 5.97 Å². The van der Waals surface area contributed by atoms with E-state index in [2.05, 4.69) is 20.9 Å². The minimum absolute atomic E-state index is 0.281. The molecular formula is C29H24BrClN2O5S2. The van der Waals surface area contributed by atoms with Gasteiger partial charge in [0.15, 0.2) is 9.89 Å². The molecule has 2 aromatic carbocycles. The van der Waals surface area contributed by atoms with Crippen LogP contribution < -0.4 is 19.6 Å². The maximum Gasteiger partial charge on any atom is 0.338 e. The number of rotatable bonds is 7. The summed E-state index contributed by atoms with van der Waals surface area (Å²) in [7, 11) is 1.55. The monoisotopic (exact) mass is 658 g/mol. The molecule has 3 heterocycles. The smallest absolute Gasteiger partial charge is 0.338 e. The van der Waals surface area contributed by atoms with E-state index in [1.807, 2.05) is 48.5 Å². The van der Waals surface area contributed by atoms with Crippen LogP contribution in [0.3, 0.4) is 0 Å². The van der Waals surface area contributed by atoms with Gasteiger partial charge in [0, 0.05) is 26.0 Å². The standard InChI is InChI=1S/C29H24BrClN2O5S2/c1-15(2)37-28(35)25-16(3)32-29-33(26(25)21-13-17(30)5-11-22(21)36-4)27(34)23(40-29)14-19-8-12-24(38-19)39-20-9-6-18(31)7-10-20/h5-15,26H,1-4H3/b23-14-/t26-/m0/s1. The number of nitrogens with zero attached hydrogens (tertiary/aromatic N) is 2. The van der Waals surface area contributed by atoms with Crippen LogP contribution in [0.15, 0.2) is 94.5 Å². The summed E-state index contributed by atoms with van der Waals surface area (Å²) in [4.78, 5) is 33.3. The van der Waals surface area contributed by atoms with Crippen LogP contribution in [0.25, 0.3) is 6.08 Å². The molecule has 1 aliphatic rings. The summed E-state index contributed by atoms with van der Waals surface area (Å²) >= 11 is 12.2. The first-order valence-corrected chi connectivity index (χ1v) is 15.0. The molecular weight excluding hydrogens is 636 g/mol. The molecule has 0 spiro atoms. The van der Waals surface area contributed by atoms with Crippen LogP contribution >= 0.6 is 50.6 Å². The number of furan rings is 1. The van der Waals surface area contributed by atoms with Gasteiger partial charge in [-0.3, -0.25) is 9.36 Å². The Labute approximate surface area is 251 Å². The number of fused-ring (bicyclic) bond motifs is 1. The zero-order chi connectivity index (χ0) is 28.6. The van der Waals surface area contributed by atoms with Gasteiger partial charge in [-0.25, -0.2) is 9.79 Å². The highest BCUT2D eigenvalue weighted by atomic mass is 79.9. The van der Waals surface area contributed by atoms with Crippen molar-refractivity contribution in [2.45, 2.75) is 42.9 Å². The molecule has 5 rings (SSSR count). The summed E-state index contributed by atoms with van der Waals surface area (Å²) < 4.78 is 19.9. The SMILES string of the molecule is COc1ccc(Br)cc1[C@H]1C(C(=O)OC(C)C)=C(C)N=c2s/c(=C\c3ccc(Sc4ccc(Cl)cc4)o3)c(=O)n21. The van der Waals surface area contributed by atoms with Gasteiger partial charge in [-0.15, -0.1) is 0 Å². The number of thiazole rings is 1. The number of carbonyl (C=O) groups is 1. The minimum Gasteiger partial charge on any atom is -0.496 e. The van der Waals surface area contributed by atoms with Gasteiger partial charge in [0.2, 0.25) is 0 Å². The predicted octanol–water partition coefficient (Wildman–Crippen LogP) is 6.36. The van der Waals surface area contributed by atoms with E-state index >= 15 is 0 Å². The highest BCUT2D eigenvalue weighted by Gasteiger charge is 2.35. The van der Waals surface area contributed by atoms with E-state index in [1.54, 1.807) is 40.0 Å². The summed E-state index contributed by atoms with van der Waals surface area (Å²) in [5.41, 5.74) is 1.09. The lowest BCUT2D eigenvalue weighted by atomic mass is 9.95. The Balaban J connectivity index is 1.61. The summed E-state index contributed by atoms with van der Waals surface area (Å²) in [6.07, 6.45) is 1.34. The molecule has 0 fully saturated rings. The Kier molecular flexibility index (Phi) is 8.42. The van der Waals surface area contributed by atoms with E-state index in [1.165, 1.54) is 27.7 Å². The van der Waals surface area contributed by atoms with Gasteiger partial charge < -0.3 is 13.9 Å². The first kappa shape index (κ1) is 28.5. The normalized spacial score (nSPS) is 15.3. The molecule has 0 radical (unpaired) electrons. The highest BCUT2D eigenvalue weighted by molar-refractivity contribution is 9.10. The van der Waals surface area contributed by atoms with Crippen molar-refractivity contribution < 1.29 is 18.7 Å². The van der Waals surface area contributed by atoms with Crippen molar-refractivity contribution in [1.82, 2.24) is 4.57 Å². The Morgan fingerprint density at radius 2 is 1.95 bits per heavy atom. The van der Waals surface area contributed by atoms with E-state index < -0.39 is 12.0 Å². The van der Waals surface area contributed by atoms with E-state index in [4.69, 9.17) is 25.5 Å². The first-order chi connectivity index (χ1) is 19.1. The van der Waals surface area contributed by atoms with Crippen molar-refractivity contribution in [3.05, 3.63) is 106 Å². The maximum absolute atomic E-state index is 13.9. The molecule has 11 heteroatoms. The second-order valence-corrected chi connectivity index (χ2v) is 12.6. The third kappa shape index (κ3) is 5.85. The highest BCUT2D eigenvalue weighted by Crippen LogP contribution is 2.37. The zero-order valence-electron chi connectivity index (χ0n) is 21.9. The fourth-order valence-electron chi connectivity index (χ4n) is 4.29. The molecule has 206 valence electrons. The molecule has 0 N–H and O–H groups in total. The lowest BCUT2D eigenvalue weighted by Gasteiger charge is -2.26. The van der Waals surface area contributed by atoms with Crippen molar-refractivity contribution in [3.8, 4) is 5.75 Å². The molecule has 0 amide bonds. The summed E-state index contributed by atoms with van der Waals surface area (Å²) in [5, 5.41) is 1.34. The molecule has 0 bridgehead atoms. The molecule has 4 aromatic rings. The van der Waals surface area contributed by atoms with Gasteiger partial charge in [0.1, 0.15) is 17.6 Å². The fraction of sp³-hybridized carbons (Fsp3) is 0.207. The van der Waals surface area contributed by atoms with Crippen molar-refractivity contribution in [2.24, 2.45) is 4.99 Å². The fourth-order valence-corrected chi connectivity index (χ4v) is 6.60. The number of ether oxygens (including phenoxy) is 2. The van der Waals surface area contributed by atoms with Gasteiger partial charge in [-0.2, -0.15) is 0 Å². The van der Waals surface area contributed by atoms with Crippen molar-refractivity contribution in [3.63, 3.8) is 0 Å². The number of esters is 1. The second-order valence-electron chi connectivity index (χ2n) is 9.13. The number of carbonyl (C=O) groups excluding carboxylic acids is 1. The van der Waals surface area contributed by atoms with Crippen molar-refractivity contribution in [1.29, 1.82) is 0 Å². The number of hydrogen-bond acceptors (Lipinski definition) is 8. The molecule has 40 heavy (non-hydrogen) atoms. The molecule has 0 saturated heterocycles. The van der Waals surface area contributed by atoms with E-state index in [9.17, 15) is 9.59 Å². The third-order valence-corrected chi connectivity index (χ3v) is 8.63. The second kappa shape index (κ2) is 11.8. The lowest BCUT2D eigenvalue weighted by molar-refractivity contribution is -0.143. The Morgan fingerprint density at radius 1 is 1.20 bits per heavy atom. The van der Waals surface area contributed by atoms with Crippen LogP contribution in [-0.2, 0) is 9.53 Å². The zero-order valence-corrected chi connectivity index (χ0v) is 25.9. The third-order valence-electron chi connectivity index (χ3n) is 5.98. The van der Waals surface area contributed by atoms with Gasteiger partial charge in [-0.1, -0.05) is 50.6 Å². The average Bonchev–Trinajstić information content (AvgIpc) is 3.47. The number of methoxy groups -OCH3 is 1. The van der Waals surface area contributed by atoms with Gasteiger partial charge in [0.25, 0.3) is 5.56 Å². The Morgan fingerprint density at radius 3 is 2.65 bits per heavy atom. The Hall–Kier alpha value is -3.05. The average molecular weight is 660 g/mol. The largest absolute Gasteiger partial charge is 0.496 e. The Bertz CT molecular complexity index is 1800. The summed E-state index contributed by atoms with van der Waals surface area (Å²) in [5.74, 6) is 0.517. The predicted molar refractivity (Wildman–Crippen MR) is 160 cm³/mol. The molecule has 0 saturated carbocycles. The molecule has 0 unspecified atom stereocenters. The molecule has 0 aliphatic carbocycles. The molecule has 1 aliphatic heterocycles. The number of benzene rings is 2. The number of hydrogen-bond donors (Lipinski definition) is 0. The first-order valence-electron chi connectivity index (χ1n) is 12.2. The van der Waals surface area contributed by atoms with Crippen LogP contribution in [0, 0.1) is 0 Å². The molecule has 7 nitrogen and oxygen atoms in total. The van der Waals surface area contributed by atoms with E-state index in [0.717, 1.165) is 9.37 Å². The molecule has 2 aromatic heterocycles. The van der Waals surface area contributed by atoms with Crippen LogP contribution in [0.2, 0.25) is 5.02 Å². The summed E-state index contributed by atoms with van der Waals surface area (Å²) in [6, 6.07) is 15.8. The van der Waals surface area contributed by atoms with Gasteiger partial charge in [0.05, 0.1) is 29.0 Å². The van der Waals surface area contributed by atoms with Crippen LogP contribution in [-0.4, -0.2) is 23.8 Å². The molecule has 1 atom stereocenters. The van der Waals surface area contributed by atoms with Crippen LogP contribution in [0.1, 0.15) is 38.1 Å². The maximum atomic E-state index is 13.9. The quantitative estimate of drug-likeness (QED) is 0.215. The lowest BCUT2D eigenvalue weighted by Crippen LogP contribution is -2.40. The topological polar surface area (TPSA) is 83.0 Å². The van der Waals surface area contributed by atoms with Crippen LogP contribution in [0.5, 0.6) is 5.75 Å². The number of allylic oxidation sites excluding steroid dienone is 1. The van der Waals surface area contributed by atoms with Crippen molar-refractivity contribution >= 4 is 62.7 Å². The summed E-state index contributed by atoms with van der Waals surface area (Å²) in [6.45, 7) is 5.30.